The molecule has 1 heterocycles. The number of carboxylic acid groups (broad SMARTS) is 1. The third-order valence-corrected chi connectivity index (χ3v) is 3.37. The van der Waals surface area contributed by atoms with E-state index in [-0.39, 0.29) is 5.92 Å². The van der Waals surface area contributed by atoms with Crippen LogP contribution < -0.4 is 0 Å². The first-order chi connectivity index (χ1) is 8.02. The van der Waals surface area contributed by atoms with Crippen LogP contribution in [-0.4, -0.2) is 20.6 Å². The number of aromatic nitrogens is 2. The summed E-state index contributed by atoms with van der Waals surface area (Å²) in [7, 11) is 1.93. The summed E-state index contributed by atoms with van der Waals surface area (Å²) in [5, 5.41) is 9.04. The minimum Gasteiger partial charge on any atom is -0.481 e. The molecule has 2 rings (SSSR count). The number of carbonyl (C=O) groups is 1. The van der Waals surface area contributed by atoms with E-state index >= 15 is 0 Å². The molecule has 1 aromatic carbocycles. The van der Waals surface area contributed by atoms with Gasteiger partial charge in [-0.25, -0.2) is 4.98 Å². The number of benzene rings is 1. The van der Waals surface area contributed by atoms with Crippen molar-refractivity contribution in [2.24, 2.45) is 13.0 Å². The Kier molecular flexibility index (Phi) is 2.88. The Balaban J connectivity index is 2.49. The van der Waals surface area contributed by atoms with E-state index in [0.717, 1.165) is 16.9 Å². The molecule has 1 aromatic heterocycles. The van der Waals surface area contributed by atoms with Crippen LogP contribution in [0.25, 0.3) is 11.0 Å². The van der Waals surface area contributed by atoms with Gasteiger partial charge in [0.05, 0.1) is 17.0 Å². The van der Waals surface area contributed by atoms with Crippen molar-refractivity contribution in [3.63, 3.8) is 0 Å². The first kappa shape index (κ1) is 11.6. The highest BCUT2D eigenvalue weighted by atomic mass is 16.4. The molecular weight excluding hydrogens is 216 g/mol. The quantitative estimate of drug-likeness (QED) is 0.884. The first-order valence-corrected chi connectivity index (χ1v) is 5.66. The van der Waals surface area contributed by atoms with Gasteiger partial charge < -0.3 is 9.67 Å². The minimum atomic E-state index is -0.787. The molecule has 17 heavy (non-hydrogen) atoms. The third-order valence-electron chi connectivity index (χ3n) is 3.37. The molecule has 90 valence electrons. The van der Waals surface area contributed by atoms with Crippen molar-refractivity contribution in [3.05, 3.63) is 30.1 Å². The molecule has 4 heteroatoms. The van der Waals surface area contributed by atoms with Gasteiger partial charge in [0.15, 0.2) is 0 Å². The van der Waals surface area contributed by atoms with Gasteiger partial charge in [0.25, 0.3) is 0 Å². The van der Waals surface area contributed by atoms with Crippen LogP contribution in [0.5, 0.6) is 0 Å². The summed E-state index contributed by atoms with van der Waals surface area (Å²) < 4.78 is 1.97. The highest BCUT2D eigenvalue weighted by Gasteiger charge is 2.25. The summed E-state index contributed by atoms with van der Waals surface area (Å²) >= 11 is 0. The molecule has 0 bridgehead atoms. The average Bonchev–Trinajstić information content (AvgIpc) is 2.65. The monoisotopic (exact) mass is 232 g/mol. The predicted octanol–water partition coefficient (Wildman–Crippen LogP) is 2.40. The second kappa shape index (κ2) is 4.20. The van der Waals surface area contributed by atoms with E-state index in [4.69, 9.17) is 5.11 Å². The smallest absolute Gasteiger partial charge is 0.306 e. The zero-order valence-electron chi connectivity index (χ0n) is 10.2. The fourth-order valence-electron chi connectivity index (χ4n) is 2.01. The van der Waals surface area contributed by atoms with E-state index in [1.807, 2.05) is 42.8 Å². The molecule has 2 unspecified atom stereocenters. The van der Waals surface area contributed by atoms with Crippen molar-refractivity contribution >= 4 is 17.0 Å². The molecule has 4 nitrogen and oxygen atoms in total. The molecule has 0 aliphatic heterocycles. The van der Waals surface area contributed by atoms with Crippen molar-refractivity contribution in [2.75, 3.05) is 0 Å². The Labute approximate surface area is 99.9 Å². The van der Waals surface area contributed by atoms with Crippen LogP contribution >= 0.6 is 0 Å². The van der Waals surface area contributed by atoms with Crippen molar-refractivity contribution in [3.8, 4) is 0 Å². The normalized spacial score (nSPS) is 14.8. The number of aliphatic carboxylic acids is 1. The van der Waals surface area contributed by atoms with Gasteiger partial charge >= 0.3 is 5.97 Å². The number of rotatable bonds is 3. The van der Waals surface area contributed by atoms with Crippen LogP contribution in [-0.2, 0) is 11.8 Å². The van der Waals surface area contributed by atoms with E-state index in [0.29, 0.717) is 0 Å². The standard InChI is InChI=1S/C13H16N2O2/c1-8(9(2)13(16)17)12-14-10-6-4-5-7-11(10)15(12)3/h4-9H,1-3H3,(H,16,17). The van der Waals surface area contributed by atoms with Crippen LogP contribution in [0, 0.1) is 5.92 Å². The second-order valence-electron chi connectivity index (χ2n) is 4.43. The van der Waals surface area contributed by atoms with Crippen LogP contribution in [0.15, 0.2) is 24.3 Å². The van der Waals surface area contributed by atoms with E-state index in [1.165, 1.54) is 0 Å². The number of imidazole rings is 1. The van der Waals surface area contributed by atoms with Gasteiger partial charge in [-0.15, -0.1) is 0 Å². The lowest BCUT2D eigenvalue weighted by Crippen LogP contribution is -2.19. The van der Waals surface area contributed by atoms with E-state index < -0.39 is 11.9 Å². The highest BCUT2D eigenvalue weighted by molar-refractivity contribution is 5.76. The highest BCUT2D eigenvalue weighted by Crippen LogP contribution is 2.26. The molecule has 2 atom stereocenters. The Morgan fingerprint density at radius 2 is 2.00 bits per heavy atom. The zero-order valence-corrected chi connectivity index (χ0v) is 10.2. The maximum Gasteiger partial charge on any atom is 0.306 e. The van der Waals surface area contributed by atoms with Crippen molar-refractivity contribution in [1.29, 1.82) is 0 Å². The zero-order chi connectivity index (χ0) is 12.6. The van der Waals surface area contributed by atoms with Crippen molar-refractivity contribution in [1.82, 2.24) is 9.55 Å². The number of fused-ring (bicyclic) bond motifs is 1. The number of aryl methyl sites for hydroxylation is 1. The fourth-order valence-corrected chi connectivity index (χ4v) is 2.01. The minimum absolute atomic E-state index is 0.107. The second-order valence-corrected chi connectivity index (χ2v) is 4.43. The molecule has 0 fully saturated rings. The topological polar surface area (TPSA) is 55.1 Å². The van der Waals surface area contributed by atoms with Gasteiger partial charge in [0.2, 0.25) is 0 Å². The maximum absolute atomic E-state index is 11.0. The fraction of sp³-hybridized carbons (Fsp3) is 0.385. The third kappa shape index (κ3) is 1.90. The molecule has 0 amide bonds. The lowest BCUT2D eigenvalue weighted by Gasteiger charge is -2.15. The number of carboxylic acids is 1. The SMILES string of the molecule is CC(C(=O)O)C(C)c1nc2ccccc2n1C. The lowest BCUT2D eigenvalue weighted by molar-refractivity contribution is -0.141. The summed E-state index contributed by atoms with van der Waals surface area (Å²) in [4.78, 5) is 15.5. The Morgan fingerprint density at radius 1 is 1.35 bits per heavy atom. The number of hydrogen-bond donors (Lipinski definition) is 1. The van der Waals surface area contributed by atoms with Gasteiger partial charge in [0.1, 0.15) is 5.82 Å². The Morgan fingerprint density at radius 3 is 2.59 bits per heavy atom. The number of para-hydroxylation sites is 2. The first-order valence-electron chi connectivity index (χ1n) is 5.66. The predicted molar refractivity (Wildman–Crippen MR) is 65.9 cm³/mol. The summed E-state index contributed by atoms with van der Waals surface area (Å²) in [5.74, 6) is -0.513. The van der Waals surface area contributed by atoms with Gasteiger partial charge in [-0.3, -0.25) is 4.79 Å². The van der Waals surface area contributed by atoms with E-state index in [2.05, 4.69) is 4.98 Å². The van der Waals surface area contributed by atoms with Gasteiger partial charge in [-0.2, -0.15) is 0 Å². The summed E-state index contributed by atoms with van der Waals surface area (Å²) in [5.41, 5.74) is 1.95. The molecule has 0 aliphatic rings. The molecular formula is C13H16N2O2. The van der Waals surface area contributed by atoms with Crippen LogP contribution in [0.3, 0.4) is 0 Å². The molecule has 0 radical (unpaired) electrons. The van der Waals surface area contributed by atoms with Crippen LogP contribution in [0.1, 0.15) is 25.6 Å². The molecule has 2 aromatic rings. The van der Waals surface area contributed by atoms with Crippen molar-refractivity contribution in [2.45, 2.75) is 19.8 Å². The summed E-state index contributed by atoms with van der Waals surface area (Å²) in [6, 6.07) is 7.82. The number of nitrogens with zero attached hydrogens (tertiary/aromatic N) is 2. The van der Waals surface area contributed by atoms with Gasteiger partial charge in [-0.1, -0.05) is 26.0 Å². The van der Waals surface area contributed by atoms with Crippen molar-refractivity contribution < 1.29 is 9.90 Å². The average molecular weight is 232 g/mol. The van der Waals surface area contributed by atoms with E-state index in [1.54, 1.807) is 6.92 Å². The molecule has 0 spiro atoms. The largest absolute Gasteiger partial charge is 0.481 e. The number of hydrogen-bond acceptors (Lipinski definition) is 2. The van der Waals surface area contributed by atoms with Gasteiger partial charge in [-0.05, 0) is 12.1 Å². The summed E-state index contributed by atoms with van der Waals surface area (Å²) in [6.45, 7) is 3.62. The summed E-state index contributed by atoms with van der Waals surface area (Å²) in [6.07, 6.45) is 0. The Hall–Kier alpha value is -1.84. The lowest BCUT2D eigenvalue weighted by atomic mass is 9.95. The van der Waals surface area contributed by atoms with E-state index in [9.17, 15) is 4.79 Å². The molecule has 0 saturated carbocycles. The van der Waals surface area contributed by atoms with Gasteiger partial charge in [0, 0.05) is 13.0 Å². The molecule has 1 N–H and O–H groups in total. The van der Waals surface area contributed by atoms with Crippen LogP contribution in [0.4, 0.5) is 0 Å². The Bertz CT molecular complexity index is 560. The molecule has 0 saturated heterocycles. The maximum atomic E-state index is 11.0. The van der Waals surface area contributed by atoms with Crippen LogP contribution in [0.2, 0.25) is 0 Å². The molecule has 0 aliphatic carbocycles.